The van der Waals surface area contributed by atoms with Crippen molar-refractivity contribution in [2.45, 2.75) is 26.4 Å². The molecule has 1 fully saturated rings. The minimum absolute atomic E-state index is 0.558. The maximum absolute atomic E-state index is 9.55. The Bertz CT molecular complexity index is 1070. The summed E-state index contributed by atoms with van der Waals surface area (Å²) in [6, 6.07) is 8.42. The summed E-state index contributed by atoms with van der Waals surface area (Å²) < 4.78 is 8.03. The monoisotopic (exact) mass is 548 g/mol. The fourth-order valence-corrected chi connectivity index (χ4v) is 3.39. The number of carboxylic acid groups (broad SMARTS) is 4. The van der Waals surface area contributed by atoms with E-state index in [0.717, 1.165) is 70.2 Å². The molecule has 1 aromatic carbocycles. The Balaban J connectivity index is 0.000000393. The molecule has 39 heavy (non-hydrogen) atoms. The number of nitrogens with zero attached hydrogens (tertiary/aromatic N) is 4. The minimum atomic E-state index is -1.26. The molecule has 1 aromatic heterocycles. The van der Waals surface area contributed by atoms with Gasteiger partial charge in [0.25, 0.3) is 0 Å². The van der Waals surface area contributed by atoms with Gasteiger partial charge in [-0.1, -0.05) is 19.1 Å². The van der Waals surface area contributed by atoms with Crippen molar-refractivity contribution in [3.63, 3.8) is 0 Å². The molecule has 2 aromatic rings. The van der Waals surface area contributed by atoms with E-state index in [1.54, 1.807) is 0 Å². The predicted octanol–water partition coefficient (Wildman–Crippen LogP) is 1.63. The molecule has 0 unspecified atom stereocenters. The van der Waals surface area contributed by atoms with Crippen molar-refractivity contribution in [1.82, 2.24) is 19.4 Å². The van der Waals surface area contributed by atoms with E-state index in [2.05, 4.69) is 52.6 Å². The number of hydrogen-bond donors (Lipinski definition) is 4. The standard InChI is InChI=1S/C18H28N4O.2C4H4O4/c1-3-13-23-14-12-22-17-7-5-4-6-16(17)19-18(22)15-21-10-8-20(2)9-11-21;2*5-3(6)1-2-4(7)8/h4-7H,3,8-15H2,1-2H3;2*1-2H,(H,5,6)(H,7,8). The van der Waals surface area contributed by atoms with Crippen molar-refractivity contribution in [3.8, 4) is 0 Å². The summed E-state index contributed by atoms with van der Waals surface area (Å²) >= 11 is 0. The number of piperazine rings is 1. The highest BCUT2D eigenvalue weighted by Crippen LogP contribution is 2.18. The van der Waals surface area contributed by atoms with Crippen LogP contribution >= 0.6 is 0 Å². The molecule has 4 N–H and O–H groups in total. The van der Waals surface area contributed by atoms with Crippen LogP contribution in [0.3, 0.4) is 0 Å². The quantitative estimate of drug-likeness (QED) is 0.236. The summed E-state index contributed by atoms with van der Waals surface area (Å²) in [6.45, 7) is 10.0. The van der Waals surface area contributed by atoms with E-state index in [1.807, 2.05) is 0 Å². The molecule has 13 heteroatoms. The average molecular weight is 549 g/mol. The van der Waals surface area contributed by atoms with Crippen molar-refractivity contribution >= 4 is 34.9 Å². The summed E-state index contributed by atoms with van der Waals surface area (Å²) in [6.07, 6.45) is 3.30. The van der Waals surface area contributed by atoms with Crippen molar-refractivity contribution in [1.29, 1.82) is 0 Å². The van der Waals surface area contributed by atoms with Crippen LogP contribution in [0.25, 0.3) is 11.0 Å². The molecule has 3 rings (SSSR count). The van der Waals surface area contributed by atoms with Crippen molar-refractivity contribution < 1.29 is 44.3 Å². The molecule has 0 aliphatic carbocycles. The van der Waals surface area contributed by atoms with Gasteiger partial charge in [-0.25, -0.2) is 24.2 Å². The molecular formula is C26H36N4O9. The Morgan fingerprint density at radius 1 is 0.846 bits per heavy atom. The number of likely N-dealkylation sites (N-methyl/N-ethyl adjacent to an activating group) is 1. The summed E-state index contributed by atoms with van der Waals surface area (Å²) in [4.78, 5) is 48.0. The van der Waals surface area contributed by atoms with Gasteiger partial charge in [-0.15, -0.1) is 0 Å². The lowest BCUT2D eigenvalue weighted by atomic mass is 10.3. The second-order valence-electron chi connectivity index (χ2n) is 8.38. The second-order valence-corrected chi connectivity index (χ2v) is 8.38. The van der Waals surface area contributed by atoms with Gasteiger partial charge in [0.05, 0.1) is 24.2 Å². The first kappa shape index (κ1) is 33.0. The molecule has 0 atom stereocenters. The Kier molecular flexibility index (Phi) is 15.4. The van der Waals surface area contributed by atoms with Crippen LogP contribution in [0.1, 0.15) is 19.2 Å². The number of rotatable bonds is 11. The van der Waals surface area contributed by atoms with Crippen LogP contribution in [0.2, 0.25) is 0 Å². The molecule has 1 aliphatic rings. The van der Waals surface area contributed by atoms with E-state index in [1.165, 1.54) is 5.52 Å². The first-order valence-corrected chi connectivity index (χ1v) is 12.2. The van der Waals surface area contributed by atoms with Gasteiger partial charge in [0.15, 0.2) is 0 Å². The SMILES string of the molecule is CCCOCCn1c(CN2CCN(C)CC2)nc2ccccc21.O=C(O)C=CC(=O)O.O=C(O)C=CC(=O)O. The van der Waals surface area contributed by atoms with E-state index in [4.69, 9.17) is 30.1 Å². The minimum Gasteiger partial charge on any atom is -0.478 e. The third-order valence-electron chi connectivity index (χ3n) is 5.24. The molecule has 0 amide bonds. The number of carbonyl (C=O) groups is 4. The summed E-state index contributed by atoms with van der Waals surface area (Å²) in [5.41, 5.74) is 2.31. The first-order valence-electron chi connectivity index (χ1n) is 12.2. The highest BCUT2D eigenvalue weighted by molar-refractivity contribution is 5.90. The fraction of sp³-hybridized carbons (Fsp3) is 0.423. The van der Waals surface area contributed by atoms with Gasteiger partial charge in [0, 0.05) is 63.6 Å². The zero-order valence-corrected chi connectivity index (χ0v) is 22.1. The topological polar surface area (TPSA) is 183 Å². The molecule has 0 saturated carbocycles. The fourth-order valence-electron chi connectivity index (χ4n) is 3.39. The number of aromatic nitrogens is 2. The molecule has 0 spiro atoms. The number of ether oxygens (including phenoxy) is 1. The first-order chi connectivity index (χ1) is 18.5. The van der Waals surface area contributed by atoms with E-state index in [9.17, 15) is 19.2 Å². The lowest BCUT2D eigenvalue weighted by Gasteiger charge is -2.32. The van der Waals surface area contributed by atoms with Crippen molar-refractivity contribution in [2.75, 3.05) is 46.4 Å². The maximum Gasteiger partial charge on any atom is 0.328 e. The lowest BCUT2D eigenvalue weighted by molar-refractivity contribution is -0.134. The Morgan fingerprint density at radius 2 is 1.36 bits per heavy atom. The number of para-hydroxylation sites is 2. The van der Waals surface area contributed by atoms with Gasteiger partial charge in [0.1, 0.15) is 5.82 Å². The molecule has 0 radical (unpaired) electrons. The predicted molar refractivity (Wildman–Crippen MR) is 142 cm³/mol. The van der Waals surface area contributed by atoms with Crippen LogP contribution in [0.15, 0.2) is 48.6 Å². The van der Waals surface area contributed by atoms with Gasteiger partial charge in [-0.05, 0) is 25.6 Å². The van der Waals surface area contributed by atoms with Gasteiger partial charge >= 0.3 is 23.9 Å². The van der Waals surface area contributed by atoms with E-state index in [0.29, 0.717) is 24.3 Å². The normalized spacial score (nSPS) is 14.0. The summed E-state index contributed by atoms with van der Waals surface area (Å²) in [7, 11) is 2.19. The number of hydrogen-bond acceptors (Lipinski definition) is 8. The van der Waals surface area contributed by atoms with E-state index >= 15 is 0 Å². The van der Waals surface area contributed by atoms with Gasteiger partial charge in [-0.2, -0.15) is 0 Å². The number of imidazole rings is 1. The molecule has 0 bridgehead atoms. The average Bonchev–Trinajstić information content (AvgIpc) is 3.23. The Labute approximate surface area is 226 Å². The van der Waals surface area contributed by atoms with Crippen LogP contribution in [-0.4, -0.2) is 110 Å². The Morgan fingerprint density at radius 3 is 1.85 bits per heavy atom. The molecule has 1 aliphatic heterocycles. The smallest absolute Gasteiger partial charge is 0.328 e. The van der Waals surface area contributed by atoms with E-state index < -0.39 is 23.9 Å². The zero-order chi connectivity index (χ0) is 29.2. The maximum atomic E-state index is 9.55. The molecular weight excluding hydrogens is 512 g/mol. The van der Waals surface area contributed by atoms with Crippen LogP contribution in [0, 0.1) is 0 Å². The van der Waals surface area contributed by atoms with Crippen molar-refractivity contribution in [3.05, 3.63) is 54.4 Å². The van der Waals surface area contributed by atoms with Gasteiger partial charge < -0.3 is 34.6 Å². The molecule has 2 heterocycles. The zero-order valence-electron chi connectivity index (χ0n) is 22.1. The van der Waals surface area contributed by atoms with Crippen molar-refractivity contribution in [2.24, 2.45) is 0 Å². The summed E-state index contributed by atoms with van der Waals surface area (Å²) in [5.74, 6) is -3.87. The largest absolute Gasteiger partial charge is 0.478 e. The highest BCUT2D eigenvalue weighted by atomic mass is 16.5. The number of fused-ring (bicyclic) bond motifs is 1. The third-order valence-corrected chi connectivity index (χ3v) is 5.24. The van der Waals surface area contributed by atoms with E-state index in [-0.39, 0.29) is 0 Å². The molecule has 214 valence electrons. The molecule has 1 saturated heterocycles. The third kappa shape index (κ3) is 14.4. The number of carboxylic acids is 4. The number of benzene rings is 1. The Hall–Kier alpha value is -4.07. The van der Waals surface area contributed by atoms with Crippen LogP contribution < -0.4 is 0 Å². The van der Waals surface area contributed by atoms with Gasteiger partial charge in [-0.3, -0.25) is 4.90 Å². The van der Waals surface area contributed by atoms with Crippen LogP contribution in [0.4, 0.5) is 0 Å². The lowest BCUT2D eigenvalue weighted by Crippen LogP contribution is -2.44. The second kappa shape index (κ2) is 18.2. The van der Waals surface area contributed by atoms with Crippen LogP contribution in [0.5, 0.6) is 0 Å². The van der Waals surface area contributed by atoms with Gasteiger partial charge in [0.2, 0.25) is 0 Å². The number of aliphatic carboxylic acids is 4. The highest BCUT2D eigenvalue weighted by Gasteiger charge is 2.18. The van der Waals surface area contributed by atoms with Crippen LogP contribution in [-0.2, 0) is 37.0 Å². The molecule has 13 nitrogen and oxygen atoms in total. The summed E-state index contributed by atoms with van der Waals surface area (Å²) in [5, 5.41) is 31.2.